The van der Waals surface area contributed by atoms with Gasteiger partial charge in [-0.05, 0) is 23.8 Å². The molecule has 1 aliphatic rings. The van der Waals surface area contributed by atoms with Gasteiger partial charge in [0.25, 0.3) is 0 Å². The fourth-order valence-electron chi connectivity index (χ4n) is 2.19. The van der Waals surface area contributed by atoms with E-state index in [0.717, 1.165) is 22.6 Å². The Labute approximate surface area is 112 Å². The van der Waals surface area contributed by atoms with Crippen LogP contribution < -0.4 is 9.47 Å². The summed E-state index contributed by atoms with van der Waals surface area (Å²) in [6, 6.07) is 15.6. The average molecular weight is 256 g/mol. The molecule has 0 saturated heterocycles. The second-order valence-corrected chi connectivity index (χ2v) is 4.63. The van der Waals surface area contributed by atoms with Crippen LogP contribution in [0.2, 0.25) is 0 Å². The summed E-state index contributed by atoms with van der Waals surface area (Å²) < 4.78 is 11.2. The van der Waals surface area contributed by atoms with Gasteiger partial charge in [-0.25, -0.2) is 0 Å². The lowest BCUT2D eigenvalue weighted by Gasteiger charge is -2.22. The average Bonchev–Trinajstić information content (AvgIpc) is 2.47. The van der Waals surface area contributed by atoms with E-state index in [2.05, 4.69) is 0 Å². The molecule has 1 N–H and O–H groups in total. The van der Waals surface area contributed by atoms with Crippen LogP contribution in [0.1, 0.15) is 23.7 Å². The van der Waals surface area contributed by atoms with Crippen molar-refractivity contribution in [2.24, 2.45) is 0 Å². The molecule has 19 heavy (non-hydrogen) atoms. The smallest absolute Gasteiger partial charge is 0.125 e. The minimum atomic E-state index is -0.455. The first kappa shape index (κ1) is 12.1. The van der Waals surface area contributed by atoms with Gasteiger partial charge in [0.2, 0.25) is 0 Å². The van der Waals surface area contributed by atoms with Crippen molar-refractivity contribution in [2.45, 2.75) is 19.1 Å². The zero-order valence-corrected chi connectivity index (χ0v) is 10.6. The van der Waals surface area contributed by atoms with Crippen molar-refractivity contribution in [3.63, 3.8) is 0 Å². The van der Waals surface area contributed by atoms with Crippen LogP contribution in [-0.4, -0.2) is 11.7 Å². The standard InChI is InChI=1S/C16H16O3/c17-15-8-9-18-16-7-6-13(10-14(15)16)19-11-12-4-2-1-3-5-12/h1-7,10,15,17H,8-9,11H2/t15-/m1/s1. The number of benzene rings is 2. The first-order valence-electron chi connectivity index (χ1n) is 6.44. The van der Waals surface area contributed by atoms with Crippen molar-refractivity contribution in [2.75, 3.05) is 6.61 Å². The summed E-state index contributed by atoms with van der Waals surface area (Å²) in [7, 11) is 0. The highest BCUT2D eigenvalue weighted by Crippen LogP contribution is 2.34. The summed E-state index contributed by atoms with van der Waals surface area (Å²) >= 11 is 0. The van der Waals surface area contributed by atoms with Gasteiger partial charge in [0.05, 0.1) is 12.7 Å². The third-order valence-electron chi connectivity index (χ3n) is 3.24. The summed E-state index contributed by atoms with van der Waals surface area (Å²) in [6.45, 7) is 1.09. The topological polar surface area (TPSA) is 38.7 Å². The highest BCUT2D eigenvalue weighted by atomic mass is 16.5. The normalized spacial score (nSPS) is 17.4. The number of aliphatic hydroxyl groups is 1. The van der Waals surface area contributed by atoms with Gasteiger partial charge in [-0.1, -0.05) is 30.3 Å². The molecule has 1 heterocycles. The molecular formula is C16H16O3. The van der Waals surface area contributed by atoms with Crippen LogP contribution in [0.15, 0.2) is 48.5 Å². The van der Waals surface area contributed by atoms with Crippen molar-refractivity contribution in [1.29, 1.82) is 0 Å². The van der Waals surface area contributed by atoms with Gasteiger partial charge in [-0.15, -0.1) is 0 Å². The highest BCUT2D eigenvalue weighted by Gasteiger charge is 2.19. The molecule has 0 aliphatic carbocycles. The Morgan fingerprint density at radius 1 is 1.16 bits per heavy atom. The van der Waals surface area contributed by atoms with Crippen LogP contribution in [-0.2, 0) is 6.61 Å². The van der Waals surface area contributed by atoms with E-state index >= 15 is 0 Å². The van der Waals surface area contributed by atoms with Gasteiger partial charge >= 0.3 is 0 Å². The Hall–Kier alpha value is -2.00. The van der Waals surface area contributed by atoms with Crippen LogP contribution >= 0.6 is 0 Å². The summed E-state index contributed by atoms with van der Waals surface area (Å²) in [6.07, 6.45) is 0.179. The zero-order chi connectivity index (χ0) is 13.1. The third kappa shape index (κ3) is 2.71. The Kier molecular flexibility index (Phi) is 3.38. The van der Waals surface area contributed by atoms with Gasteiger partial charge in [0.15, 0.2) is 0 Å². The summed E-state index contributed by atoms with van der Waals surface area (Å²) in [5.74, 6) is 1.51. The maximum Gasteiger partial charge on any atom is 0.125 e. The molecule has 0 bridgehead atoms. The van der Waals surface area contributed by atoms with Crippen LogP contribution in [0.4, 0.5) is 0 Å². The molecule has 1 atom stereocenters. The molecule has 3 rings (SSSR count). The molecule has 0 spiro atoms. The van der Waals surface area contributed by atoms with Crippen LogP contribution in [0.5, 0.6) is 11.5 Å². The predicted molar refractivity (Wildman–Crippen MR) is 72.3 cm³/mol. The molecule has 0 unspecified atom stereocenters. The minimum Gasteiger partial charge on any atom is -0.493 e. The molecule has 2 aromatic rings. The number of fused-ring (bicyclic) bond motifs is 1. The first-order chi connectivity index (χ1) is 9.33. The van der Waals surface area contributed by atoms with E-state index in [-0.39, 0.29) is 0 Å². The van der Waals surface area contributed by atoms with Crippen LogP contribution in [0, 0.1) is 0 Å². The molecular weight excluding hydrogens is 240 g/mol. The van der Waals surface area contributed by atoms with Gasteiger partial charge < -0.3 is 14.6 Å². The van der Waals surface area contributed by atoms with Gasteiger partial charge in [-0.2, -0.15) is 0 Å². The summed E-state index contributed by atoms with van der Waals surface area (Å²) in [4.78, 5) is 0. The second kappa shape index (κ2) is 5.33. The third-order valence-corrected chi connectivity index (χ3v) is 3.24. The molecule has 0 fully saturated rings. The molecule has 3 heteroatoms. The Balaban J connectivity index is 1.74. The number of ether oxygens (including phenoxy) is 2. The van der Waals surface area contributed by atoms with E-state index in [0.29, 0.717) is 19.6 Å². The van der Waals surface area contributed by atoms with E-state index in [1.54, 1.807) is 0 Å². The van der Waals surface area contributed by atoms with Crippen molar-refractivity contribution >= 4 is 0 Å². The van der Waals surface area contributed by atoms with E-state index in [9.17, 15) is 5.11 Å². The highest BCUT2D eigenvalue weighted by molar-refractivity contribution is 5.42. The Morgan fingerprint density at radius 3 is 2.84 bits per heavy atom. The largest absolute Gasteiger partial charge is 0.493 e. The fraction of sp³-hybridized carbons (Fsp3) is 0.250. The lowest BCUT2D eigenvalue weighted by atomic mass is 10.0. The Bertz CT molecular complexity index is 551. The summed E-state index contributed by atoms with van der Waals surface area (Å²) in [5.41, 5.74) is 1.94. The molecule has 0 amide bonds. The molecule has 0 aromatic heterocycles. The van der Waals surface area contributed by atoms with Crippen molar-refractivity contribution in [1.82, 2.24) is 0 Å². The SMILES string of the molecule is O[C@@H]1CCOc2ccc(OCc3ccccc3)cc21. The van der Waals surface area contributed by atoms with E-state index in [1.807, 2.05) is 48.5 Å². The molecule has 2 aromatic carbocycles. The number of hydrogen-bond donors (Lipinski definition) is 1. The number of aliphatic hydroxyl groups excluding tert-OH is 1. The quantitative estimate of drug-likeness (QED) is 0.917. The maximum atomic E-state index is 9.94. The van der Waals surface area contributed by atoms with Crippen molar-refractivity contribution in [3.8, 4) is 11.5 Å². The van der Waals surface area contributed by atoms with Gasteiger partial charge in [-0.3, -0.25) is 0 Å². The monoisotopic (exact) mass is 256 g/mol. The fourth-order valence-corrected chi connectivity index (χ4v) is 2.19. The summed E-state index contributed by atoms with van der Waals surface area (Å²) in [5, 5.41) is 9.94. The van der Waals surface area contributed by atoms with Crippen molar-refractivity contribution < 1.29 is 14.6 Å². The predicted octanol–water partition coefficient (Wildman–Crippen LogP) is 3.08. The van der Waals surface area contributed by atoms with E-state index in [4.69, 9.17) is 9.47 Å². The van der Waals surface area contributed by atoms with Gasteiger partial charge in [0.1, 0.15) is 18.1 Å². The lowest BCUT2D eigenvalue weighted by Crippen LogP contribution is -2.13. The first-order valence-corrected chi connectivity index (χ1v) is 6.44. The molecule has 3 nitrogen and oxygen atoms in total. The number of hydrogen-bond acceptors (Lipinski definition) is 3. The zero-order valence-electron chi connectivity index (χ0n) is 10.6. The van der Waals surface area contributed by atoms with E-state index < -0.39 is 6.10 Å². The van der Waals surface area contributed by atoms with Crippen LogP contribution in [0.3, 0.4) is 0 Å². The Morgan fingerprint density at radius 2 is 2.00 bits per heavy atom. The molecule has 1 aliphatic heterocycles. The molecule has 0 radical (unpaired) electrons. The van der Waals surface area contributed by atoms with Crippen molar-refractivity contribution in [3.05, 3.63) is 59.7 Å². The van der Waals surface area contributed by atoms with Gasteiger partial charge in [0, 0.05) is 12.0 Å². The van der Waals surface area contributed by atoms with Crippen LogP contribution in [0.25, 0.3) is 0 Å². The molecule has 98 valence electrons. The maximum absolute atomic E-state index is 9.94. The second-order valence-electron chi connectivity index (χ2n) is 4.63. The number of rotatable bonds is 3. The molecule has 0 saturated carbocycles. The minimum absolute atomic E-state index is 0.455. The van der Waals surface area contributed by atoms with E-state index in [1.165, 1.54) is 0 Å². The lowest BCUT2D eigenvalue weighted by molar-refractivity contribution is 0.115.